The van der Waals surface area contributed by atoms with E-state index in [4.69, 9.17) is 9.47 Å². The van der Waals surface area contributed by atoms with E-state index in [1.165, 1.54) is 32.1 Å². The van der Waals surface area contributed by atoms with E-state index < -0.39 is 0 Å². The fourth-order valence-corrected chi connectivity index (χ4v) is 3.15. The van der Waals surface area contributed by atoms with E-state index in [9.17, 15) is 4.79 Å². The molecule has 0 bridgehead atoms. The molecule has 0 aromatic heterocycles. The van der Waals surface area contributed by atoms with Crippen LogP contribution < -0.4 is 4.74 Å². The van der Waals surface area contributed by atoms with Gasteiger partial charge in [-0.05, 0) is 36.8 Å². The minimum atomic E-state index is -0.145. The number of ether oxygens (including phenoxy) is 2. The summed E-state index contributed by atoms with van der Waals surface area (Å²) in [5.41, 5.74) is 1.11. The quantitative estimate of drug-likeness (QED) is 0.793. The van der Waals surface area contributed by atoms with Gasteiger partial charge >= 0.3 is 5.97 Å². The standard InChI is InChI=1S/C17H22O3/c18-17(20-11-13-6-2-1-3-7-13)15-10-14-8-4-5-9-16(14)19-12-15/h4-5,8-9,13,15H,1-3,6-7,10-12H2. The molecule has 1 fully saturated rings. The van der Waals surface area contributed by atoms with Crippen molar-refractivity contribution in [2.45, 2.75) is 38.5 Å². The van der Waals surface area contributed by atoms with Crippen LogP contribution in [0.15, 0.2) is 24.3 Å². The highest BCUT2D eigenvalue weighted by molar-refractivity contribution is 5.73. The van der Waals surface area contributed by atoms with Crippen LogP contribution in [0.3, 0.4) is 0 Å². The highest BCUT2D eigenvalue weighted by atomic mass is 16.5. The molecule has 2 aliphatic rings. The van der Waals surface area contributed by atoms with Crippen LogP contribution in [0.5, 0.6) is 5.75 Å². The highest BCUT2D eigenvalue weighted by Crippen LogP contribution is 2.28. The second-order valence-electron chi connectivity index (χ2n) is 5.95. The molecule has 1 heterocycles. The summed E-state index contributed by atoms with van der Waals surface area (Å²) >= 11 is 0. The lowest BCUT2D eigenvalue weighted by Crippen LogP contribution is -2.31. The second-order valence-corrected chi connectivity index (χ2v) is 5.95. The summed E-state index contributed by atoms with van der Waals surface area (Å²) in [6.45, 7) is 1.04. The van der Waals surface area contributed by atoms with Crippen LogP contribution in [0, 0.1) is 11.8 Å². The van der Waals surface area contributed by atoms with Gasteiger partial charge in [0.15, 0.2) is 0 Å². The lowest BCUT2D eigenvalue weighted by Gasteiger charge is -2.26. The number of hydrogen-bond donors (Lipinski definition) is 0. The van der Waals surface area contributed by atoms with Gasteiger partial charge in [-0.1, -0.05) is 37.5 Å². The SMILES string of the molecule is O=C(OCC1CCCCC1)C1COc2ccccc2C1. The van der Waals surface area contributed by atoms with Crippen LogP contribution in [0.4, 0.5) is 0 Å². The lowest BCUT2D eigenvalue weighted by atomic mass is 9.90. The number of benzene rings is 1. The predicted octanol–water partition coefficient (Wildman–Crippen LogP) is 3.36. The second kappa shape index (κ2) is 6.29. The third-order valence-corrected chi connectivity index (χ3v) is 4.40. The average Bonchev–Trinajstić information content (AvgIpc) is 2.53. The number of hydrogen-bond acceptors (Lipinski definition) is 3. The zero-order valence-corrected chi connectivity index (χ0v) is 11.8. The molecule has 1 unspecified atom stereocenters. The first kappa shape index (κ1) is 13.5. The number of esters is 1. The van der Waals surface area contributed by atoms with Gasteiger partial charge < -0.3 is 9.47 Å². The van der Waals surface area contributed by atoms with Crippen LogP contribution in [0.2, 0.25) is 0 Å². The average molecular weight is 274 g/mol. The molecule has 3 rings (SSSR count). The van der Waals surface area contributed by atoms with Crippen LogP contribution in [0.25, 0.3) is 0 Å². The van der Waals surface area contributed by atoms with Gasteiger partial charge in [-0.3, -0.25) is 4.79 Å². The minimum absolute atomic E-state index is 0.0925. The molecular formula is C17H22O3. The molecule has 3 nitrogen and oxygen atoms in total. The van der Waals surface area contributed by atoms with E-state index >= 15 is 0 Å². The van der Waals surface area contributed by atoms with E-state index in [1.807, 2.05) is 24.3 Å². The summed E-state index contributed by atoms with van der Waals surface area (Å²) in [6, 6.07) is 7.92. The molecule has 0 amide bonds. The number of para-hydroxylation sites is 1. The van der Waals surface area contributed by atoms with Crippen molar-refractivity contribution < 1.29 is 14.3 Å². The van der Waals surface area contributed by atoms with Gasteiger partial charge in [-0.25, -0.2) is 0 Å². The molecule has 20 heavy (non-hydrogen) atoms. The first-order chi connectivity index (χ1) is 9.83. The maximum absolute atomic E-state index is 12.1. The molecule has 0 radical (unpaired) electrons. The van der Waals surface area contributed by atoms with Gasteiger partial charge in [0.1, 0.15) is 12.4 Å². The van der Waals surface area contributed by atoms with Crippen molar-refractivity contribution in [2.75, 3.05) is 13.2 Å². The smallest absolute Gasteiger partial charge is 0.312 e. The Morgan fingerprint density at radius 1 is 1.20 bits per heavy atom. The Bertz CT molecular complexity index is 463. The summed E-state index contributed by atoms with van der Waals surface area (Å²) in [6.07, 6.45) is 7.04. The molecule has 1 aromatic carbocycles. The zero-order valence-electron chi connectivity index (χ0n) is 11.8. The fourth-order valence-electron chi connectivity index (χ4n) is 3.15. The van der Waals surface area contributed by atoms with Gasteiger partial charge in [-0.2, -0.15) is 0 Å². The maximum atomic E-state index is 12.1. The highest BCUT2D eigenvalue weighted by Gasteiger charge is 2.27. The molecule has 0 saturated heterocycles. The number of fused-ring (bicyclic) bond motifs is 1. The molecule has 3 heteroatoms. The van der Waals surface area contributed by atoms with Gasteiger partial charge in [0.2, 0.25) is 0 Å². The predicted molar refractivity (Wildman–Crippen MR) is 76.7 cm³/mol. The van der Waals surface area contributed by atoms with Crippen molar-refractivity contribution in [1.29, 1.82) is 0 Å². The Morgan fingerprint density at radius 2 is 2.00 bits per heavy atom. The van der Waals surface area contributed by atoms with E-state index in [1.54, 1.807) is 0 Å². The molecule has 1 aliphatic carbocycles. The van der Waals surface area contributed by atoms with E-state index in [0.717, 1.165) is 17.7 Å². The largest absolute Gasteiger partial charge is 0.492 e. The Hall–Kier alpha value is -1.51. The summed E-state index contributed by atoms with van der Waals surface area (Å²) in [5, 5.41) is 0. The first-order valence-electron chi connectivity index (χ1n) is 7.70. The van der Waals surface area contributed by atoms with Crippen molar-refractivity contribution in [3.8, 4) is 5.75 Å². The van der Waals surface area contributed by atoms with E-state index in [2.05, 4.69) is 0 Å². The van der Waals surface area contributed by atoms with E-state index in [0.29, 0.717) is 19.1 Å². The molecule has 1 aromatic rings. The third-order valence-electron chi connectivity index (χ3n) is 4.40. The molecule has 0 N–H and O–H groups in total. The molecular weight excluding hydrogens is 252 g/mol. The van der Waals surface area contributed by atoms with Crippen LogP contribution >= 0.6 is 0 Å². The Labute approximate surface area is 120 Å². The zero-order chi connectivity index (χ0) is 13.8. The normalized spacial score (nSPS) is 22.7. The summed E-state index contributed by atoms with van der Waals surface area (Å²) in [4.78, 5) is 12.1. The van der Waals surface area contributed by atoms with Gasteiger partial charge in [-0.15, -0.1) is 0 Å². The Morgan fingerprint density at radius 3 is 2.85 bits per heavy atom. The molecule has 0 spiro atoms. The molecule has 1 saturated carbocycles. The monoisotopic (exact) mass is 274 g/mol. The van der Waals surface area contributed by atoms with Crippen molar-refractivity contribution in [1.82, 2.24) is 0 Å². The van der Waals surface area contributed by atoms with Crippen molar-refractivity contribution in [2.24, 2.45) is 11.8 Å². The minimum Gasteiger partial charge on any atom is -0.492 e. The summed E-state index contributed by atoms with van der Waals surface area (Å²) < 4.78 is 11.2. The van der Waals surface area contributed by atoms with Crippen LogP contribution in [-0.4, -0.2) is 19.2 Å². The fraction of sp³-hybridized carbons (Fsp3) is 0.588. The van der Waals surface area contributed by atoms with Crippen LogP contribution in [0.1, 0.15) is 37.7 Å². The Kier molecular flexibility index (Phi) is 4.24. The summed E-state index contributed by atoms with van der Waals surface area (Å²) in [7, 11) is 0. The lowest BCUT2D eigenvalue weighted by molar-refractivity contribution is -0.151. The molecule has 1 aliphatic heterocycles. The summed E-state index contributed by atoms with van der Waals surface area (Å²) in [5.74, 6) is 1.24. The number of carbonyl (C=O) groups excluding carboxylic acids is 1. The van der Waals surface area contributed by atoms with Crippen molar-refractivity contribution in [3.63, 3.8) is 0 Å². The van der Waals surface area contributed by atoms with E-state index in [-0.39, 0.29) is 11.9 Å². The van der Waals surface area contributed by atoms with Gasteiger partial charge in [0.05, 0.1) is 12.5 Å². The number of rotatable bonds is 3. The van der Waals surface area contributed by atoms with Crippen LogP contribution in [-0.2, 0) is 16.0 Å². The van der Waals surface area contributed by atoms with Crippen molar-refractivity contribution in [3.05, 3.63) is 29.8 Å². The first-order valence-corrected chi connectivity index (χ1v) is 7.70. The molecule has 108 valence electrons. The van der Waals surface area contributed by atoms with Gasteiger partial charge in [0.25, 0.3) is 0 Å². The number of carbonyl (C=O) groups is 1. The maximum Gasteiger partial charge on any atom is 0.312 e. The van der Waals surface area contributed by atoms with Gasteiger partial charge in [0, 0.05) is 0 Å². The Balaban J connectivity index is 1.51. The van der Waals surface area contributed by atoms with Crippen molar-refractivity contribution >= 4 is 5.97 Å². The topological polar surface area (TPSA) is 35.5 Å². The third kappa shape index (κ3) is 3.14. The molecule has 1 atom stereocenters.